The van der Waals surface area contributed by atoms with Crippen LogP contribution in [-0.4, -0.2) is 55.3 Å². The van der Waals surface area contributed by atoms with Gasteiger partial charge in [0.2, 0.25) is 0 Å². The molecule has 2 atom stereocenters. The Morgan fingerprint density at radius 3 is 2.64 bits per heavy atom. The lowest BCUT2D eigenvalue weighted by molar-refractivity contribution is -0.121. The molecule has 2 bridgehead atoms. The van der Waals surface area contributed by atoms with Gasteiger partial charge in [0, 0.05) is 31.8 Å². The average molecular weight is 388 g/mol. The molecule has 1 aromatic carbocycles. The van der Waals surface area contributed by atoms with Gasteiger partial charge in [0.1, 0.15) is 0 Å². The highest BCUT2D eigenvalue weighted by molar-refractivity contribution is 5.97. The predicted octanol–water partition coefficient (Wildman–Crippen LogP) is 3.36. The van der Waals surface area contributed by atoms with Crippen LogP contribution in [0.4, 0.5) is 10.1 Å². The van der Waals surface area contributed by atoms with Crippen LogP contribution in [0.15, 0.2) is 18.2 Å². The topological polar surface area (TPSA) is 42.0 Å². The summed E-state index contributed by atoms with van der Waals surface area (Å²) in [5, 5.41) is 0. The summed E-state index contributed by atoms with van der Waals surface area (Å²) in [5.41, 5.74) is 0.561. The Labute approximate surface area is 165 Å². The van der Waals surface area contributed by atoms with Gasteiger partial charge in [-0.15, -0.1) is 0 Å². The van der Waals surface area contributed by atoms with Gasteiger partial charge in [0.15, 0.2) is 18.2 Å². The molecule has 4 aliphatic rings. The van der Waals surface area contributed by atoms with E-state index < -0.39 is 5.82 Å². The number of piperidine rings is 1. The first kappa shape index (κ1) is 18.4. The fourth-order valence-corrected chi connectivity index (χ4v) is 5.14. The fraction of sp³-hybridized carbons (Fsp3) is 0.682. The molecule has 3 heterocycles. The van der Waals surface area contributed by atoms with Crippen molar-refractivity contribution in [2.24, 2.45) is 5.92 Å². The van der Waals surface area contributed by atoms with Crippen LogP contribution in [-0.2, 0) is 9.53 Å². The highest BCUT2D eigenvalue weighted by atomic mass is 19.1. The first-order valence-corrected chi connectivity index (χ1v) is 10.8. The number of carbonyl (C=O) groups excluding carboxylic acids is 1. The second-order valence-corrected chi connectivity index (χ2v) is 8.77. The van der Waals surface area contributed by atoms with Gasteiger partial charge < -0.3 is 14.4 Å². The highest BCUT2D eigenvalue weighted by Crippen LogP contribution is 2.39. The van der Waals surface area contributed by atoms with Crippen LogP contribution >= 0.6 is 0 Å². The molecule has 0 radical (unpaired) electrons. The van der Waals surface area contributed by atoms with Gasteiger partial charge in [0.25, 0.3) is 5.91 Å². The largest absolute Gasteiger partial charge is 0.478 e. The number of fused-ring (bicyclic) bond motifs is 3. The molecule has 3 aliphatic heterocycles. The molecule has 3 fully saturated rings. The Bertz CT molecular complexity index is 724. The number of para-hydroxylation sites is 1. The molecule has 6 heteroatoms. The van der Waals surface area contributed by atoms with E-state index in [9.17, 15) is 9.18 Å². The summed E-state index contributed by atoms with van der Waals surface area (Å²) >= 11 is 0. The van der Waals surface area contributed by atoms with Gasteiger partial charge in [-0.3, -0.25) is 9.69 Å². The third-order valence-corrected chi connectivity index (χ3v) is 6.78. The fourth-order valence-electron chi connectivity index (χ4n) is 5.14. The SMILES string of the molecule is O=C1COc2c(F)cccc2N1CCCN1C2CCC1CC(OCC1CC1)C2. The lowest BCUT2D eigenvalue weighted by atomic mass is 9.99. The highest BCUT2D eigenvalue weighted by Gasteiger charge is 2.41. The summed E-state index contributed by atoms with van der Waals surface area (Å²) in [7, 11) is 0. The first-order chi connectivity index (χ1) is 13.7. The van der Waals surface area contributed by atoms with Crippen molar-refractivity contribution in [3.63, 3.8) is 0 Å². The maximum absolute atomic E-state index is 14.0. The lowest BCUT2D eigenvalue weighted by Gasteiger charge is -2.39. The van der Waals surface area contributed by atoms with Gasteiger partial charge in [-0.05, 0) is 63.0 Å². The molecular formula is C22H29FN2O3. The van der Waals surface area contributed by atoms with Crippen LogP contribution in [0.3, 0.4) is 0 Å². The smallest absolute Gasteiger partial charge is 0.265 e. The second-order valence-electron chi connectivity index (χ2n) is 8.77. The van der Waals surface area contributed by atoms with Crippen LogP contribution in [0.5, 0.6) is 5.75 Å². The van der Waals surface area contributed by atoms with Gasteiger partial charge in [-0.1, -0.05) is 6.07 Å². The molecule has 5 nitrogen and oxygen atoms in total. The molecule has 152 valence electrons. The molecule has 1 aromatic rings. The van der Waals surface area contributed by atoms with Crippen molar-refractivity contribution in [2.45, 2.75) is 63.1 Å². The van der Waals surface area contributed by atoms with E-state index in [0.29, 0.717) is 30.4 Å². The quantitative estimate of drug-likeness (QED) is 0.718. The summed E-state index contributed by atoms with van der Waals surface area (Å²) in [6, 6.07) is 6.01. The summed E-state index contributed by atoms with van der Waals surface area (Å²) in [6.07, 6.45) is 8.84. The zero-order valence-electron chi connectivity index (χ0n) is 16.3. The number of nitrogens with zero attached hydrogens (tertiary/aromatic N) is 2. The zero-order chi connectivity index (χ0) is 19.1. The van der Waals surface area contributed by atoms with Gasteiger partial charge in [-0.2, -0.15) is 0 Å². The van der Waals surface area contributed by atoms with Crippen molar-refractivity contribution in [3.8, 4) is 5.75 Å². The number of carbonyl (C=O) groups is 1. The number of hydrogen-bond donors (Lipinski definition) is 0. The predicted molar refractivity (Wildman–Crippen MR) is 104 cm³/mol. The Morgan fingerprint density at radius 2 is 1.89 bits per heavy atom. The average Bonchev–Trinajstić information content (AvgIpc) is 3.48. The van der Waals surface area contributed by atoms with E-state index in [1.807, 2.05) is 0 Å². The number of amides is 1. The van der Waals surface area contributed by atoms with Crippen molar-refractivity contribution in [1.82, 2.24) is 4.90 Å². The molecule has 5 rings (SSSR count). The van der Waals surface area contributed by atoms with Crippen LogP contribution in [0, 0.1) is 11.7 Å². The van der Waals surface area contributed by atoms with Crippen LogP contribution in [0.25, 0.3) is 0 Å². The van der Waals surface area contributed by atoms with Crippen molar-refractivity contribution < 1.29 is 18.7 Å². The van der Waals surface area contributed by atoms with Gasteiger partial charge in [0.05, 0.1) is 11.8 Å². The van der Waals surface area contributed by atoms with Crippen LogP contribution < -0.4 is 9.64 Å². The van der Waals surface area contributed by atoms with E-state index in [0.717, 1.165) is 38.3 Å². The number of halogens is 1. The summed E-state index contributed by atoms with van der Waals surface area (Å²) in [4.78, 5) is 16.6. The van der Waals surface area contributed by atoms with Gasteiger partial charge >= 0.3 is 0 Å². The third-order valence-electron chi connectivity index (χ3n) is 6.78. The monoisotopic (exact) mass is 388 g/mol. The molecule has 1 aliphatic carbocycles. The lowest BCUT2D eigenvalue weighted by Crippen LogP contribution is -2.47. The second kappa shape index (κ2) is 7.64. The molecule has 28 heavy (non-hydrogen) atoms. The Balaban J connectivity index is 1.16. The van der Waals surface area contributed by atoms with E-state index in [1.165, 1.54) is 31.7 Å². The van der Waals surface area contributed by atoms with Crippen LogP contribution in [0.1, 0.15) is 44.9 Å². The van der Waals surface area contributed by atoms with E-state index in [1.54, 1.807) is 17.0 Å². The maximum Gasteiger partial charge on any atom is 0.265 e. The van der Waals surface area contributed by atoms with Crippen molar-refractivity contribution in [2.75, 3.05) is 31.2 Å². The van der Waals surface area contributed by atoms with Crippen molar-refractivity contribution >= 4 is 11.6 Å². The van der Waals surface area contributed by atoms with E-state index >= 15 is 0 Å². The Kier molecular flexibility index (Phi) is 5.01. The standard InChI is InChI=1S/C22H29FN2O3/c23-19-3-1-4-20-22(19)28-14-21(26)25(20)10-2-9-24-16-7-8-17(24)12-18(11-16)27-13-15-5-6-15/h1,3-4,15-18H,2,5-14H2. The normalized spacial score (nSPS) is 29.7. The summed E-state index contributed by atoms with van der Waals surface area (Å²) in [6.45, 7) is 2.47. The number of ether oxygens (including phenoxy) is 2. The third kappa shape index (κ3) is 3.64. The molecule has 0 spiro atoms. The minimum Gasteiger partial charge on any atom is -0.478 e. The van der Waals surface area contributed by atoms with E-state index in [2.05, 4.69) is 4.90 Å². The molecule has 1 saturated carbocycles. The number of benzene rings is 1. The summed E-state index contributed by atoms with van der Waals surface area (Å²) < 4.78 is 25.4. The van der Waals surface area contributed by atoms with Crippen molar-refractivity contribution in [1.29, 1.82) is 0 Å². The Morgan fingerprint density at radius 1 is 1.11 bits per heavy atom. The van der Waals surface area contributed by atoms with E-state index in [4.69, 9.17) is 9.47 Å². The molecule has 0 N–H and O–H groups in total. The molecule has 2 unspecified atom stereocenters. The summed E-state index contributed by atoms with van der Waals surface area (Å²) in [5.74, 6) is 0.542. The minimum atomic E-state index is -0.402. The molecule has 0 aromatic heterocycles. The van der Waals surface area contributed by atoms with Crippen molar-refractivity contribution in [3.05, 3.63) is 24.0 Å². The van der Waals surface area contributed by atoms with Gasteiger partial charge in [-0.25, -0.2) is 4.39 Å². The molecule has 2 saturated heterocycles. The zero-order valence-corrected chi connectivity index (χ0v) is 16.3. The number of hydrogen-bond acceptors (Lipinski definition) is 4. The first-order valence-electron chi connectivity index (χ1n) is 10.8. The minimum absolute atomic E-state index is 0.0804. The molecule has 1 amide bonds. The Hall–Kier alpha value is -1.66. The van der Waals surface area contributed by atoms with Crippen LogP contribution in [0.2, 0.25) is 0 Å². The molecular weight excluding hydrogens is 359 g/mol. The maximum atomic E-state index is 14.0. The van der Waals surface area contributed by atoms with E-state index in [-0.39, 0.29) is 18.3 Å². The number of rotatable bonds is 7. The number of anilines is 1.